The zero-order valence-electron chi connectivity index (χ0n) is 12.2. The standard InChI is InChI=1S/C16H20BrNO3/c1-3-10-7-11(12(8-10)16(20)21)15(19)18-14-5-4-9(2)6-13(14)17/h4-6,10-12H,3,7-8H2,1-2H3,(H,18,19)(H,20,21). The maximum absolute atomic E-state index is 12.4. The van der Waals surface area contributed by atoms with Gasteiger partial charge in [0, 0.05) is 4.47 Å². The van der Waals surface area contributed by atoms with Crippen LogP contribution >= 0.6 is 15.9 Å². The quantitative estimate of drug-likeness (QED) is 0.864. The maximum atomic E-state index is 12.4. The average Bonchev–Trinajstić information content (AvgIpc) is 2.86. The van der Waals surface area contributed by atoms with Crippen molar-refractivity contribution in [2.75, 3.05) is 5.32 Å². The molecule has 21 heavy (non-hydrogen) atoms. The Kier molecular flexibility index (Phi) is 5.04. The topological polar surface area (TPSA) is 66.4 Å². The lowest BCUT2D eigenvalue weighted by molar-refractivity contribution is -0.145. The molecule has 0 spiro atoms. The Balaban J connectivity index is 2.13. The van der Waals surface area contributed by atoms with E-state index in [4.69, 9.17) is 0 Å². The molecule has 0 saturated heterocycles. The molecule has 0 radical (unpaired) electrons. The van der Waals surface area contributed by atoms with Crippen molar-refractivity contribution in [3.8, 4) is 0 Å². The van der Waals surface area contributed by atoms with Gasteiger partial charge < -0.3 is 10.4 Å². The monoisotopic (exact) mass is 353 g/mol. The largest absolute Gasteiger partial charge is 0.481 e. The molecule has 1 aromatic carbocycles. The number of carboxylic acid groups (broad SMARTS) is 1. The predicted octanol–water partition coefficient (Wildman–Crippen LogP) is 3.83. The number of benzene rings is 1. The van der Waals surface area contributed by atoms with Crippen LogP contribution in [0.5, 0.6) is 0 Å². The Morgan fingerprint density at radius 2 is 2.00 bits per heavy atom. The van der Waals surface area contributed by atoms with Gasteiger partial charge in [-0.2, -0.15) is 0 Å². The highest BCUT2D eigenvalue weighted by Gasteiger charge is 2.42. The van der Waals surface area contributed by atoms with Gasteiger partial charge in [0.1, 0.15) is 0 Å². The normalized spacial score (nSPS) is 24.8. The van der Waals surface area contributed by atoms with Crippen molar-refractivity contribution in [2.24, 2.45) is 17.8 Å². The van der Waals surface area contributed by atoms with E-state index in [-0.39, 0.29) is 5.91 Å². The van der Waals surface area contributed by atoms with Gasteiger partial charge in [-0.1, -0.05) is 19.4 Å². The predicted molar refractivity (Wildman–Crippen MR) is 85.1 cm³/mol. The second kappa shape index (κ2) is 6.60. The molecule has 4 nitrogen and oxygen atoms in total. The summed E-state index contributed by atoms with van der Waals surface area (Å²) in [4.78, 5) is 23.8. The SMILES string of the molecule is CCC1CC(C(=O)O)C(C(=O)Nc2ccc(C)cc2Br)C1. The van der Waals surface area contributed by atoms with Crippen LogP contribution in [0, 0.1) is 24.7 Å². The van der Waals surface area contributed by atoms with Gasteiger partial charge in [0.2, 0.25) is 5.91 Å². The van der Waals surface area contributed by atoms with E-state index in [0.29, 0.717) is 24.4 Å². The second-order valence-corrected chi connectivity index (χ2v) is 6.62. The Labute approximate surface area is 133 Å². The second-order valence-electron chi connectivity index (χ2n) is 5.77. The number of nitrogens with one attached hydrogen (secondary N) is 1. The smallest absolute Gasteiger partial charge is 0.307 e. The van der Waals surface area contributed by atoms with Gasteiger partial charge in [-0.15, -0.1) is 0 Å². The average molecular weight is 354 g/mol. The van der Waals surface area contributed by atoms with Crippen LogP contribution in [-0.2, 0) is 9.59 Å². The van der Waals surface area contributed by atoms with Crippen LogP contribution in [0.25, 0.3) is 0 Å². The van der Waals surface area contributed by atoms with Crippen molar-refractivity contribution in [2.45, 2.75) is 33.1 Å². The van der Waals surface area contributed by atoms with Crippen molar-refractivity contribution in [1.29, 1.82) is 0 Å². The van der Waals surface area contributed by atoms with E-state index in [1.807, 2.05) is 32.0 Å². The summed E-state index contributed by atoms with van der Waals surface area (Å²) in [5.41, 5.74) is 1.78. The van der Waals surface area contributed by atoms with Crippen LogP contribution < -0.4 is 5.32 Å². The van der Waals surface area contributed by atoms with Crippen LogP contribution in [-0.4, -0.2) is 17.0 Å². The number of anilines is 1. The molecule has 2 N–H and O–H groups in total. The highest BCUT2D eigenvalue weighted by Crippen LogP contribution is 2.39. The highest BCUT2D eigenvalue weighted by molar-refractivity contribution is 9.10. The van der Waals surface area contributed by atoms with Crippen molar-refractivity contribution in [3.05, 3.63) is 28.2 Å². The lowest BCUT2D eigenvalue weighted by Gasteiger charge is -2.16. The van der Waals surface area contributed by atoms with Crippen LogP contribution in [0.3, 0.4) is 0 Å². The van der Waals surface area contributed by atoms with Crippen LogP contribution in [0.1, 0.15) is 31.7 Å². The summed E-state index contributed by atoms with van der Waals surface area (Å²) >= 11 is 3.42. The molecule has 1 aliphatic carbocycles. The fourth-order valence-corrected chi connectivity index (χ4v) is 3.58. The van der Waals surface area contributed by atoms with Crippen LogP contribution in [0.4, 0.5) is 5.69 Å². The molecule has 0 aromatic heterocycles. The van der Waals surface area contributed by atoms with Gasteiger partial charge in [0.25, 0.3) is 0 Å². The first-order valence-electron chi connectivity index (χ1n) is 7.22. The molecule has 3 atom stereocenters. The first-order chi connectivity index (χ1) is 9.92. The molecule has 1 aliphatic rings. The first-order valence-corrected chi connectivity index (χ1v) is 8.01. The number of rotatable bonds is 4. The first kappa shape index (κ1) is 16.0. The van der Waals surface area contributed by atoms with Gasteiger partial charge in [-0.3, -0.25) is 9.59 Å². The number of aliphatic carboxylic acids is 1. The molecule has 2 rings (SSSR count). The third kappa shape index (κ3) is 3.64. The minimum atomic E-state index is -0.867. The Morgan fingerprint density at radius 1 is 1.33 bits per heavy atom. The molecule has 0 bridgehead atoms. The summed E-state index contributed by atoms with van der Waals surface area (Å²) in [5, 5.41) is 12.2. The summed E-state index contributed by atoms with van der Waals surface area (Å²) in [6.45, 7) is 4.01. The molecular formula is C16H20BrNO3. The van der Waals surface area contributed by atoms with Crippen LogP contribution in [0.2, 0.25) is 0 Å². The summed E-state index contributed by atoms with van der Waals surface area (Å²) in [6.07, 6.45) is 2.17. The summed E-state index contributed by atoms with van der Waals surface area (Å²) < 4.78 is 0.813. The lowest BCUT2D eigenvalue weighted by atomic mass is 9.95. The van der Waals surface area contributed by atoms with Gasteiger partial charge in [-0.05, 0) is 59.3 Å². The molecular weight excluding hydrogens is 334 g/mol. The number of carbonyl (C=O) groups excluding carboxylic acids is 1. The number of carbonyl (C=O) groups is 2. The fraction of sp³-hybridized carbons (Fsp3) is 0.500. The van der Waals surface area contributed by atoms with E-state index < -0.39 is 17.8 Å². The molecule has 1 saturated carbocycles. The molecule has 1 amide bonds. The molecule has 0 aliphatic heterocycles. The van der Waals surface area contributed by atoms with E-state index in [1.54, 1.807) is 0 Å². The molecule has 0 heterocycles. The number of halogens is 1. The van der Waals surface area contributed by atoms with Gasteiger partial charge >= 0.3 is 5.97 Å². The number of carboxylic acids is 1. The minimum absolute atomic E-state index is 0.192. The summed E-state index contributed by atoms with van der Waals surface area (Å²) in [6, 6.07) is 5.67. The molecule has 1 aromatic rings. The van der Waals surface area contributed by atoms with Crippen molar-refractivity contribution in [1.82, 2.24) is 0 Å². The molecule has 114 valence electrons. The van der Waals surface area contributed by atoms with Gasteiger partial charge in [0.15, 0.2) is 0 Å². The third-order valence-corrected chi connectivity index (χ3v) is 4.93. The third-order valence-electron chi connectivity index (χ3n) is 4.27. The van der Waals surface area contributed by atoms with Crippen molar-refractivity contribution >= 4 is 33.5 Å². The van der Waals surface area contributed by atoms with Gasteiger partial charge in [0.05, 0.1) is 17.5 Å². The number of aryl methyl sites for hydroxylation is 1. The van der Waals surface area contributed by atoms with E-state index in [0.717, 1.165) is 16.5 Å². The zero-order valence-corrected chi connectivity index (χ0v) is 13.8. The van der Waals surface area contributed by atoms with Gasteiger partial charge in [-0.25, -0.2) is 0 Å². The van der Waals surface area contributed by atoms with Crippen molar-refractivity contribution < 1.29 is 14.7 Å². The van der Waals surface area contributed by atoms with Crippen LogP contribution in [0.15, 0.2) is 22.7 Å². The number of hydrogen-bond donors (Lipinski definition) is 2. The Bertz CT molecular complexity index is 558. The van der Waals surface area contributed by atoms with E-state index in [1.165, 1.54) is 0 Å². The summed E-state index contributed by atoms with van der Waals surface area (Å²) in [7, 11) is 0. The molecule has 1 fully saturated rings. The number of hydrogen-bond acceptors (Lipinski definition) is 2. The fourth-order valence-electron chi connectivity index (χ4n) is 2.99. The Morgan fingerprint density at radius 3 is 2.57 bits per heavy atom. The summed E-state index contributed by atoms with van der Waals surface area (Å²) in [5.74, 6) is -1.75. The highest BCUT2D eigenvalue weighted by atomic mass is 79.9. The van der Waals surface area contributed by atoms with E-state index in [9.17, 15) is 14.7 Å². The molecule has 3 unspecified atom stereocenters. The Hall–Kier alpha value is -1.36. The number of amides is 1. The minimum Gasteiger partial charge on any atom is -0.481 e. The lowest BCUT2D eigenvalue weighted by Crippen LogP contribution is -2.30. The molecule has 5 heteroatoms. The van der Waals surface area contributed by atoms with E-state index >= 15 is 0 Å². The van der Waals surface area contributed by atoms with E-state index in [2.05, 4.69) is 21.2 Å². The maximum Gasteiger partial charge on any atom is 0.307 e. The zero-order chi connectivity index (χ0) is 15.6. The van der Waals surface area contributed by atoms with Crippen molar-refractivity contribution in [3.63, 3.8) is 0 Å².